The van der Waals surface area contributed by atoms with Crippen LogP contribution in [0.3, 0.4) is 0 Å². The van der Waals surface area contributed by atoms with E-state index in [1.54, 1.807) is 18.2 Å². The summed E-state index contributed by atoms with van der Waals surface area (Å²) in [6, 6.07) is 10.1. The minimum atomic E-state index is -0.500. The summed E-state index contributed by atoms with van der Waals surface area (Å²) >= 11 is 0. The average molecular weight is 360 g/mol. The van der Waals surface area contributed by atoms with Crippen LogP contribution in [0.15, 0.2) is 36.4 Å². The third-order valence-electron chi connectivity index (χ3n) is 4.74. The van der Waals surface area contributed by atoms with Gasteiger partial charge in [-0.3, -0.25) is 0 Å². The van der Waals surface area contributed by atoms with Gasteiger partial charge in [0, 0.05) is 6.42 Å². The number of hydrogen-bond donors (Lipinski definition) is 4. The molecule has 26 heavy (non-hydrogen) atoms. The quantitative estimate of drug-likeness (QED) is 0.612. The monoisotopic (exact) mass is 360 g/mol. The number of aliphatic hydroxyl groups is 1. The van der Waals surface area contributed by atoms with Gasteiger partial charge in [0.05, 0.1) is 25.4 Å². The Morgan fingerprint density at radius 1 is 1.08 bits per heavy atom. The lowest BCUT2D eigenvalue weighted by molar-refractivity contribution is -0.0999. The Morgan fingerprint density at radius 2 is 1.81 bits per heavy atom. The number of methoxy groups -OCH3 is 1. The maximum absolute atomic E-state index is 10.2. The van der Waals surface area contributed by atoms with Crippen LogP contribution in [0.2, 0.25) is 0 Å². The summed E-state index contributed by atoms with van der Waals surface area (Å²) in [6.45, 7) is 0. The van der Waals surface area contributed by atoms with Crippen LogP contribution >= 0.6 is 0 Å². The molecule has 140 valence electrons. The lowest BCUT2D eigenvalue weighted by Gasteiger charge is -2.34. The van der Waals surface area contributed by atoms with Crippen LogP contribution in [0.25, 0.3) is 0 Å². The normalized spacial score (nSPS) is 22.9. The van der Waals surface area contributed by atoms with Crippen molar-refractivity contribution in [2.45, 2.75) is 44.0 Å². The van der Waals surface area contributed by atoms with Gasteiger partial charge in [-0.25, -0.2) is 0 Å². The molecule has 4 N–H and O–H groups in total. The fraction of sp³-hybridized carbons (Fsp3) is 0.400. The third kappa shape index (κ3) is 4.20. The smallest absolute Gasteiger partial charge is 0.200 e. The SMILES string of the molecule is COc1cc([C@@H]2C[C@H](O)C[C@H](CCc3ccc(O)cc3)O2)cc(O)c1O. The molecule has 0 aliphatic carbocycles. The zero-order valence-corrected chi connectivity index (χ0v) is 14.6. The fourth-order valence-corrected chi connectivity index (χ4v) is 3.34. The summed E-state index contributed by atoms with van der Waals surface area (Å²) in [5, 5.41) is 39.2. The van der Waals surface area contributed by atoms with Gasteiger partial charge in [0.25, 0.3) is 0 Å². The molecule has 1 fully saturated rings. The fourth-order valence-electron chi connectivity index (χ4n) is 3.34. The molecule has 2 aromatic carbocycles. The molecule has 0 bridgehead atoms. The van der Waals surface area contributed by atoms with E-state index in [4.69, 9.17) is 9.47 Å². The average Bonchev–Trinajstić information content (AvgIpc) is 2.63. The number of benzene rings is 2. The molecule has 0 spiro atoms. The molecule has 1 aliphatic rings. The van der Waals surface area contributed by atoms with E-state index < -0.39 is 6.10 Å². The first-order valence-electron chi connectivity index (χ1n) is 8.67. The van der Waals surface area contributed by atoms with E-state index in [9.17, 15) is 20.4 Å². The number of phenolic OH excluding ortho intramolecular Hbond substituents is 3. The standard InChI is InChI=1S/C20H24O6/c1-25-19-9-13(8-17(23)20(19)24)18-11-15(22)10-16(26-18)7-4-12-2-5-14(21)6-3-12/h2-3,5-6,8-9,15-16,18,21-24H,4,7,10-11H2,1H3/t15-,16+,18+/m1/s1. The second kappa shape index (κ2) is 7.85. The second-order valence-electron chi connectivity index (χ2n) is 6.67. The van der Waals surface area contributed by atoms with Gasteiger partial charge >= 0.3 is 0 Å². The summed E-state index contributed by atoms with van der Waals surface area (Å²) < 4.78 is 11.2. The Bertz CT molecular complexity index is 743. The Kier molecular flexibility index (Phi) is 5.54. The Hall–Kier alpha value is -2.44. The van der Waals surface area contributed by atoms with Crippen LogP contribution in [0.4, 0.5) is 0 Å². The maximum Gasteiger partial charge on any atom is 0.200 e. The molecule has 1 heterocycles. The number of ether oxygens (including phenoxy) is 2. The van der Waals surface area contributed by atoms with Crippen molar-refractivity contribution in [2.24, 2.45) is 0 Å². The van der Waals surface area contributed by atoms with Crippen LogP contribution in [-0.2, 0) is 11.2 Å². The molecule has 6 nitrogen and oxygen atoms in total. The minimum Gasteiger partial charge on any atom is -0.508 e. The summed E-state index contributed by atoms with van der Waals surface area (Å²) in [6.07, 6.45) is 1.47. The lowest BCUT2D eigenvalue weighted by atomic mass is 9.93. The molecule has 3 atom stereocenters. The molecule has 2 aromatic rings. The van der Waals surface area contributed by atoms with Gasteiger partial charge < -0.3 is 29.9 Å². The third-order valence-corrected chi connectivity index (χ3v) is 4.74. The van der Waals surface area contributed by atoms with E-state index in [1.807, 2.05) is 12.1 Å². The Morgan fingerprint density at radius 3 is 2.50 bits per heavy atom. The van der Waals surface area contributed by atoms with E-state index in [2.05, 4.69) is 0 Å². The molecule has 0 amide bonds. The summed E-state index contributed by atoms with van der Waals surface area (Å²) in [5.74, 6) is -0.177. The highest BCUT2D eigenvalue weighted by Gasteiger charge is 2.30. The van der Waals surface area contributed by atoms with Crippen LogP contribution in [0.5, 0.6) is 23.0 Å². The van der Waals surface area contributed by atoms with Gasteiger partial charge in [-0.2, -0.15) is 0 Å². The van der Waals surface area contributed by atoms with Gasteiger partial charge in [-0.15, -0.1) is 0 Å². The molecular formula is C20H24O6. The number of rotatable bonds is 5. The summed E-state index contributed by atoms with van der Waals surface area (Å²) in [4.78, 5) is 0. The summed E-state index contributed by atoms with van der Waals surface area (Å²) in [7, 11) is 1.41. The molecule has 0 unspecified atom stereocenters. The molecule has 3 rings (SSSR count). The van der Waals surface area contributed by atoms with Crippen molar-refractivity contribution in [1.29, 1.82) is 0 Å². The first kappa shape index (κ1) is 18.4. The first-order valence-corrected chi connectivity index (χ1v) is 8.67. The van der Waals surface area contributed by atoms with Crippen molar-refractivity contribution in [3.8, 4) is 23.0 Å². The minimum absolute atomic E-state index is 0.125. The predicted molar refractivity (Wildman–Crippen MR) is 95.6 cm³/mol. The van der Waals surface area contributed by atoms with E-state index in [-0.39, 0.29) is 35.2 Å². The number of phenols is 3. The van der Waals surface area contributed by atoms with Crippen molar-refractivity contribution in [3.63, 3.8) is 0 Å². The lowest BCUT2D eigenvalue weighted by Crippen LogP contribution is -2.31. The Balaban J connectivity index is 1.70. The number of aliphatic hydroxyl groups excluding tert-OH is 1. The summed E-state index contributed by atoms with van der Waals surface area (Å²) in [5.41, 5.74) is 1.75. The molecule has 1 aliphatic heterocycles. The zero-order valence-electron chi connectivity index (χ0n) is 14.6. The van der Waals surface area contributed by atoms with Crippen molar-refractivity contribution in [2.75, 3.05) is 7.11 Å². The largest absolute Gasteiger partial charge is 0.508 e. The van der Waals surface area contributed by atoms with Crippen LogP contribution < -0.4 is 4.74 Å². The number of aromatic hydroxyl groups is 3. The van der Waals surface area contributed by atoms with Gasteiger partial charge in [-0.05, 0) is 54.7 Å². The van der Waals surface area contributed by atoms with Gasteiger partial charge in [0.1, 0.15) is 5.75 Å². The molecule has 0 radical (unpaired) electrons. The van der Waals surface area contributed by atoms with Crippen molar-refractivity contribution in [1.82, 2.24) is 0 Å². The molecule has 1 saturated heterocycles. The zero-order chi connectivity index (χ0) is 18.7. The predicted octanol–water partition coefficient (Wildman–Crippen LogP) is 3.03. The van der Waals surface area contributed by atoms with E-state index >= 15 is 0 Å². The van der Waals surface area contributed by atoms with E-state index in [1.165, 1.54) is 13.2 Å². The van der Waals surface area contributed by atoms with Gasteiger partial charge in [0.15, 0.2) is 11.5 Å². The van der Waals surface area contributed by atoms with Gasteiger partial charge in [-0.1, -0.05) is 12.1 Å². The second-order valence-corrected chi connectivity index (χ2v) is 6.67. The van der Waals surface area contributed by atoms with Crippen LogP contribution in [-0.4, -0.2) is 39.7 Å². The highest BCUT2D eigenvalue weighted by molar-refractivity contribution is 5.52. The maximum atomic E-state index is 10.2. The highest BCUT2D eigenvalue weighted by Crippen LogP contribution is 2.41. The van der Waals surface area contributed by atoms with Crippen LogP contribution in [0, 0.1) is 0 Å². The topological polar surface area (TPSA) is 99.4 Å². The Labute approximate surface area is 152 Å². The highest BCUT2D eigenvalue weighted by atomic mass is 16.5. The molecule has 6 heteroatoms. The molecular weight excluding hydrogens is 336 g/mol. The van der Waals surface area contributed by atoms with Gasteiger partial charge in [0.2, 0.25) is 5.75 Å². The van der Waals surface area contributed by atoms with Crippen LogP contribution in [0.1, 0.15) is 36.5 Å². The number of hydrogen-bond acceptors (Lipinski definition) is 6. The van der Waals surface area contributed by atoms with E-state index in [0.29, 0.717) is 18.4 Å². The molecule has 0 saturated carbocycles. The number of aryl methyl sites for hydroxylation is 1. The molecule has 0 aromatic heterocycles. The van der Waals surface area contributed by atoms with Crippen molar-refractivity contribution in [3.05, 3.63) is 47.5 Å². The van der Waals surface area contributed by atoms with Crippen molar-refractivity contribution < 1.29 is 29.9 Å². The van der Waals surface area contributed by atoms with E-state index in [0.717, 1.165) is 18.4 Å². The first-order chi connectivity index (χ1) is 12.5. The van der Waals surface area contributed by atoms with Crippen molar-refractivity contribution >= 4 is 0 Å².